The molecule has 2 heterocycles. The lowest BCUT2D eigenvalue weighted by Gasteiger charge is -2.36. The summed E-state index contributed by atoms with van der Waals surface area (Å²) in [4.78, 5) is 23.5. The van der Waals surface area contributed by atoms with Crippen molar-refractivity contribution in [2.45, 2.75) is 75.2 Å². The highest BCUT2D eigenvalue weighted by Crippen LogP contribution is 2.40. The van der Waals surface area contributed by atoms with E-state index in [0.717, 1.165) is 44.5 Å². The summed E-state index contributed by atoms with van der Waals surface area (Å²) in [6.07, 6.45) is 3.66. The minimum atomic E-state index is -0.637. The molecule has 11 heteroatoms. The fourth-order valence-electron chi connectivity index (χ4n) is 5.54. The molecule has 1 aliphatic rings. The molecule has 0 saturated carbocycles. The van der Waals surface area contributed by atoms with Crippen LogP contribution in [0.1, 0.15) is 73.2 Å². The van der Waals surface area contributed by atoms with Crippen LogP contribution >= 0.6 is 11.8 Å². The summed E-state index contributed by atoms with van der Waals surface area (Å²) in [7, 11) is 0. The van der Waals surface area contributed by atoms with Crippen molar-refractivity contribution in [3.8, 4) is 11.1 Å². The highest BCUT2D eigenvalue weighted by atomic mass is 32.2. The molecule has 3 aromatic carbocycles. The van der Waals surface area contributed by atoms with Crippen molar-refractivity contribution in [2.24, 2.45) is 0 Å². The van der Waals surface area contributed by atoms with Gasteiger partial charge in [0, 0.05) is 49.3 Å². The number of thioether (sulfide) groups is 1. The number of unbranched alkanes of at least 4 members (excludes halogenated alkanes) is 2. The van der Waals surface area contributed by atoms with Crippen LogP contribution in [-0.4, -0.2) is 34.0 Å². The average Bonchev–Trinajstić information content (AvgIpc) is 3.13. The maximum Gasteiger partial charge on any atom is 0.251 e. The van der Waals surface area contributed by atoms with Gasteiger partial charge in [-0.3, -0.25) is 14.8 Å². The monoisotopic (exact) mass is 671 g/mol. The molecule has 1 aliphatic heterocycles. The Hall–Kier alpha value is -4.26. The van der Waals surface area contributed by atoms with Crippen molar-refractivity contribution in [3.63, 3.8) is 0 Å². The lowest BCUT2D eigenvalue weighted by atomic mass is 9.99. The fourth-order valence-corrected chi connectivity index (χ4v) is 6.48. The average molecular weight is 672 g/mol. The number of benzene rings is 3. The van der Waals surface area contributed by atoms with Crippen molar-refractivity contribution in [1.29, 1.82) is 0 Å². The van der Waals surface area contributed by atoms with Crippen LogP contribution in [-0.2, 0) is 32.2 Å². The molecule has 4 N–H and O–H groups in total. The molecule has 0 aliphatic carbocycles. The third-order valence-corrected chi connectivity index (χ3v) is 9.31. The Labute approximate surface area is 284 Å². The molecule has 3 atom stereocenters. The third kappa shape index (κ3) is 10.1. The number of nitrogens with one attached hydrogen (secondary N) is 2. The lowest BCUT2D eigenvalue weighted by molar-refractivity contribution is -0.645. The first-order valence-electron chi connectivity index (χ1n) is 16.1. The van der Waals surface area contributed by atoms with Crippen LogP contribution < -0.4 is 15.5 Å². The Morgan fingerprint density at radius 2 is 1.58 bits per heavy atom. The largest absolute Gasteiger partial charge is 0.618 e. The Kier molecular flexibility index (Phi) is 13.0. The number of carbonyl (C=O) groups is 2. The van der Waals surface area contributed by atoms with Gasteiger partial charge in [-0.05, 0) is 58.9 Å². The van der Waals surface area contributed by atoms with E-state index >= 15 is 0 Å². The number of aliphatic hydroxyl groups excluding tert-OH is 1. The number of pyridine rings is 1. The van der Waals surface area contributed by atoms with Gasteiger partial charge in [0.15, 0.2) is 12.5 Å². The first-order chi connectivity index (χ1) is 23.4. The molecule has 1 fully saturated rings. The van der Waals surface area contributed by atoms with Crippen molar-refractivity contribution in [1.82, 2.24) is 10.8 Å². The number of carbonyl (C=O) groups excluding carboxylic acids is 2. The molecule has 252 valence electrons. The summed E-state index contributed by atoms with van der Waals surface area (Å²) < 4.78 is 13.9. The van der Waals surface area contributed by atoms with Gasteiger partial charge in [-0.25, -0.2) is 5.48 Å². The molecule has 4 aromatic rings. The quantitative estimate of drug-likeness (QED) is 0.0306. The molecule has 3 unspecified atom stereocenters. The summed E-state index contributed by atoms with van der Waals surface area (Å²) in [5.41, 5.74) is 7.25. The number of ether oxygens (including phenoxy) is 2. The van der Waals surface area contributed by atoms with Gasteiger partial charge in [0.25, 0.3) is 5.03 Å². The van der Waals surface area contributed by atoms with Crippen LogP contribution in [0.15, 0.2) is 102 Å². The van der Waals surface area contributed by atoms with E-state index in [1.807, 2.05) is 66.7 Å². The number of hydroxylamine groups is 1. The Morgan fingerprint density at radius 1 is 0.833 bits per heavy atom. The SMILES string of the molecule is O=C(CCCCCC(=O)NCc1cccc(-c2cccc(C3OC(CSc4cccc[n+]4[O-])CC(c4ccc(CO)cc4)O3)c2)c1)NO. The van der Waals surface area contributed by atoms with Gasteiger partial charge in [0.05, 0.1) is 18.8 Å². The number of hydrogen-bond donors (Lipinski definition) is 4. The number of aromatic nitrogens is 1. The van der Waals surface area contributed by atoms with Crippen molar-refractivity contribution in [2.75, 3.05) is 5.75 Å². The Balaban J connectivity index is 1.25. The van der Waals surface area contributed by atoms with Crippen LogP contribution in [0.25, 0.3) is 11.1 Å². The topological polar surface area (TPSA) is 144 Å². The Bertz CT molecular complexity index is 1650. The predicted molar refractivity (Wildman–Crippen MR) is 181 cm³/mol. The summed E-state index contributed by atoms with van der Waals surface area (Å²) in [5, 5.41) is 33.9. The lowest BCUT2D eigenvalue weighted by Crippen LogP contribution is -2.32. The van der Waals surface area contributed by atoms with Crippen LogP contribution in [0.2, 0.25) is 0 Å². The number of rotatable bonds is 15. The molecule has 1 saturated heterocycles. The molecule has 0 spiro atoms. The molecule has 0 bridgehead atoms. The van der Waals surface area contributed by atoms with Crippen LogP contribution in [0, 0.1) is 5.21 Å². The zero-order chi connectivity index (χ0) is 33.7. The second-order valence-electron chi connectivity index (χ2n) is 11.7. The maximum absolute atomic E-state index is 12.4. The van der Waals surface area contributed by atoms with E-state index in [1.165, 1.54) is 18.0 Å². The number of aliphatic hydroxyl groups is 1. The molecule has 1 aromatic heterocycles. The molecular weight excluding hydrogens is 630 g/mol. The van der Waals surface area contributed by atoms with Crippen molar-refractivity contribution in [3.05, 3.63) is 125 Å². The van der Waals surface area contributed by atoms with E-state index in [9.17, 15) is 19.9 Å². The molecule has 0 radical (unpaired) electrons. The zero-order valence-corrected chi connectivity index (χ0v) is 27.4. The van der Waals surface area contributed by atoms with E-state index in [2.05, 4.69) is 17.4 Å². The third-order valence-electron chi connectivity index (χ3n) is 8.16. The number of nitrogens with zero attached hydrogens (tertiary/aromatic N) is 1. The number of amides is 2. The van der Waals surface area contributed by atoms with Crippen LogP contribution in [0.5, 0.6) is 0 Å². The van der Waals surface area contributed by atoms with Gasteiger partial charge >= 0.3 is 0 Å². The van der Waals surface area contributed by atoms with Crippen LogP contribution in [0.4, 0.5) is 0 Å². The molecular formula is C37H41N3O7S. The number of hydrogen-bond acceptors (Lipinski definition) is 8. The second-order valence-corrected chi connectivity index (χ2v) is 12.8. The van der Waals surface area contributed by atoms with E-state index in [4.69, 9.17) is 14.7 Å². The van der Waals surface area contributed by atoms with Crippen molar-refractivity contribution < 1.29 is 34.1 Å². The van der Waals surface area contributed by atoms with Gasteiger partial charge < -0.3 is 25.1 Å². The highest BCUT2D eigenvalue weighted by Gasteiger charge is 2.33. The first kappa shape index (κ1) is 35.1. The van der Waals surface area contributed by atoms with Crippen LogP contribution in [0.3, 0.4) is 0 Å². The Morgan fingerprint density at radius 3 is 2.33 bits per heavy atom. The van der Waals surface area contributed by atoms with E-state index in [-0.39, 0.29) is 31.1 Å². The van der Waals surface area contributed by atoms with Crippen molar-refractivity contribution >= 4 is 23.6 Å². The zero-order valence-electron chi connectivity index (χ0n) is 26.6. The van der Waals surface area contributed by atoms with Gasteiger partial charge in [-0.2, -0.15) is 4.73 Å². The van der Waals surface area contributed by atoms with Gasteiger partial charge in [-0.1, -0.05) is 78.8 Å². The molecule has 5 rings (SSSR count). The normalized spacial score (nSPS) is 17.5. The predicted octanol–water partition coefficient (Wildman–Crippen LogP) is 5.89. The molecule has 2 amide bonds. The summed E-state index contributed by atoms with van der Waals surface area (Å²) in [5.74, 6) is 0.108. The summed E-state index contributed by atoms with van der Waals surface area (Å²) in [6, 6.07) is 29.2. The second kappa shape index (κ2) is 17.8. The van der Waals surface area contributed by atoms with Gasteiger partial charge in [-0.15, -0.1) is 0 Å². The molecule has 10 nitrogen and oxygen atoms in total. The van der Waals surface area contributed by atoms with Gasteiger partial charge in [0.2, 0.25) is 11.8 Å². The fraction of sp³-hybridized carbons (Fsp3) is 0.324. The van der Waals surface area contributed by atoms with E-state index < -0.39 is 12.2 Å². The van der Waals surface area contributed by atoms with Gasteiger partial charge in [0.1, 0.15) is 0 Å². The molecule has 48 heavy (non-hydrogen) atoms. The van der Waals surface area contributed by atoms with E-state index in [0.29, 0.717) is 43.0 Å². The summed E-state index contributed by atoms with van der Waals surface area (Å²) >= 11 is 1.45. The minimum absolute atomic E-state index is 0.0293. The summed E-state index contributed by atoms with van der Waals surface area (Å²) in [6.45, 7) is 0.369. The first-order valence-corrected chi connectivity index (χ1v) is 17.1. The standard InChI is InChI=1S/C37H41N3O7S/c41-24-26-15-17-28(18-16-26)33-22-32(25-48-36-14-4-5-19-40(36)45)46-37(47-33)31-11-7-10-30(21-31)29-9-6-8-27(20-29)23-38-34(42)12-2-1-3-13-35(43)39-44/h4-11,14-21,32-33,37,41,44H,1-3,12-13,22-25H2,(H,38,42)(H,39,43). The van der Waals surface area contributed by atoms with E-state index in [1.54, 1.807) is 17.6 Å². The maximum atomic E-state index is 12.4. The minimum Gasteiger partial charge on any atom is -0.618 e. The smallest absolute Gasteiger partial charge is 0.251 e. The highest BCUT2D eigenvalue weighted by molar-refractivity contribution is 7.99.